The summed E-state index contributed by atoms with van der Waals surface area (Å²) >= 11 is 0. The monoisotopic (exact) mass is 370 g/mol. The number of hydrogen-bond donors (Lipinski definition) is 1. The Bertz CT molecular complexity index is 780. The molecule has 4 heterocycles. The summed E-state index contributed by atoms with van der Waals surface area (Å²) in [6, 6.07) is 4.86. The SMILES string of the molecule is Cc1ccc(C)n1C1CCN(C(=O)NCc2nnc3n2CCCCC3)CC1. The number of aryl methyl sites for hydroxylation is 3. The molecule has 0 unspecified atom stereocenters. The minimum Gasteiger partial charge on any atom is -0.346 e. The summed E-state index contributed by atoms with van der Waals surface area (Å²) in [5, 5.41) is 11.7. The Labute approximate surface area is 160 Å². The molecule has 2 aromatic rings. The van der Waals surface area contributed by atoms with E-state index >= 15 is 0 Å². The van der Waals surface area contributed by atoms with Crippen molar-refractivity contribution in [2.45, 2.75) is 71.5 Å². The third kappa shape index (κ3) is 3.73. The van der Waals surface area contributed by atoms with E-state index in [0.29, 0.717) is 12.6 Å². The van der Waals surface area contributed by atoms with Crippen molar-refractivity contribution in [2.75, 3.05) is 13.1 Å². The Kier molecular flexibility index (Phi) is 5.18. The van der Waals surface area contributed by atoms with E-state index in [-0.39, 0.29) is 6.03 Å². The highest BCUT2D eigenvalue weighted by atomic mass is 16.2. The smallest absolute Gasteiger partial charge is 0.317 e. The van der Waals surface area contributed by atoms with E-state index in [1.807, 2.05) is 4.90 Å². The van der Waals surface area contributed by atoms with Crippen LogP contribution in [0.25, 0.3) is 0 Å². The molecule has 7 nitrogen and oxygen atoms in total. The lowest BCUT2D eigenvalue weighted by Crippen LogP contribution is -2.44. The molecule has 0 radical (unpaired) electrons. The Hall–Kier alpha value is -2.31. The van der Waals surface area contributed by atoms with Crippen molar-refractivity contribution >= 4 is 6.03 Å². The third-order valence-corrected chi connectivity index (χ3v) is 6.03. The van der Waals surface area contributed by atoms with Crippen LogP contribution in [0.15, 0.2) is 12.1 Å². The normalized spacial score (nSPS) is 18.2. The van der Waals surface area contributed by atoms with Gasteiger partial charge >= 0.3 is 6.03 Å². The Morgan fingerprint density at radius 2 is 1.81 bits per heavy atom. The van der Waals surface area contributed by atoms with Gasteiger partial charge in [0.05, 0.1) is 6.54 Å². The molecule has 0 aromatic carbocycles. The van der Waals surface area contributed by atoms with Crippen LogP contribution >= 0.6 is 0 Å². The number of amides is 2. The molecule has 1 fully saturated rings. The van der Waals surface area contributed by atoms with Crippen LogP contribution in [-0.4, -0.2) is 43.4 Å². The van der Waals surface area contributed by atoms with Gasteiger partial charge in [0, 0.05) is 43.5 Å². The highest BCUT2D eigenvalue weighted by molar-refractivity contribution is 5.74. The fourth-order valence-corrected chi connectivity index (χ4v) is 4.53. The first-order valence-electron chi connectivity index (χ1n) is 10.2. The van der Waals surface area contributed by atoms with Gasteiger partial charge in [-0.2, -0.15) is 0 Å². The standard InChI is InChI=1S/C20H30N6O/c1-15-7-8-16(2)26(15)17-9-12-24(13-10-17)20(27)21-14-19-23-22-18-6-4-3-5-11-25(18)19/h7-8,17H,3-6,9-14H2,1-2H3,(H,21,27). The molecule has 0 atom stereocenters. The zero-order valence-electron chi connectivity index (χ0n) is 16.4. The first-order chi connectivity index (χ1) is 13.1. The zero-order chi connectivity index (χ0) is 18.8. The number of fused-ring (bicyclic) bond motifs is 1. The molecule has 4 rings (SSSR count). The Balaban J connectivity index is 1.31. The fraction of sp³-hybridized carbons (Fsp3) is 0.650. The average Bonchev–Trinajstić information content (AvgIpc) is 3.12. The fourth-order valence-electron chi connectivity index (χ4n) is 4.53. The number of carbonyl (C=O) groups excluding carboxylic acids is 1. The second-order valence-corrected chi connectivity index (χ2v) is 7.86. The predicted molar refractivity (Wildman–Crippen MR) is 104 cm³/mol. The molecule has 2 amide bonds. The molecule has 0 bridgehead atoms. The van der Waals surface area contributed by atoms with E-state index in [0.717, 1.165) is 57.0 Å². The lowest BCUT2D eigenvalue weighted by molar-refractivity contribution is 0.170. The van der Waals surface area contributed by atoms with Gasteiger partial charge in [0.25, 0.3) is 0 Å². The van der Waals surface area contributed by atoms with Crippen LogP contribution in [0, 0.1) is 13.8 Å². The summed E-state index contributed by atoms with van der Waals surface area (Å²) in [7, 11) is 0. The molecule has 27 heavy (non-hydrogen) atoms. The van der Waals surface area contributed by atoms with Gasteiger partial charge in [0.1, 0.15) is 5.82 Å². The largest absolute Gasteiger partial charge is 0.346 e. The minimum atomic E-state index is 0.0142. The van der Waals surface area contributed by atoms with Gasteiger partial charge in [-0.25, -0.2) is 4.79 Å². The minimum absolute atomic E-state index is 0.0142. The van der Waals surface area contributed by atoms with Crippen molar-refractivity contribution in [1.82, 2.24) is 29.5 Å². The Morgan fingerprint density at radius 1 is 1.07 bits per heavy atom. The summed E-state index contributed by atoms with van der Waals surface area (Å²) in [6.45, 7) is 7.34. The van der Waals surface area contributed by atoms with E-state index in [1.165, 1.54) is 24.2 Å². The van der Waals surface area contributed by atoms with Crippen LogP contribution in [0.2, 0.25) is 0 Å². The highest BCUT2D eigenvalue weighted by Crippen LogP contribution is 2.26. The molecule has 0 saturated carbocycles. The van der Waals surface area contributed by atoms with E-state index in [1.54, 1.807) is 0 Å². The number of carbonyl (C=O) groups is 1. The summed E-state index contributed by atoms with van der Waals surface area (Å²) in [5.41, 5.74) is 2.62. The van der Waals surface area contributed by atoms with Crippen LogP contribution in [-0.2, 0) is 19.5 Å². The number of aromatic nitrogens is 4. The van der Waals surface area contributed by atoms with Gasteiger partial charge in [-0.1, -0.05) is 6.42 Å². The molecule has 1 N–H and O–H groups in total. The average molecular weight is 371 g/mol. The molecule has 2 aromatic heterocycles. The van der Waals surface area contributed by atoms with Crippen LogP contribution in [0.5, 0.6) is 0 Å². The number of nitrogens with one attached hydrogen (secondary N) is 1. The van der Waals surface area contributed by atoms with Gasteiger partial charge in [0.2, 0.25) is 0 Å². The summed E-state index contributed by atoms with van der Waals surface area (Å²) < 4.78 is 4.61. The van der Waals surface area contributed by atoms with Crippen LogP contribution in [0.3, 0.4) is 0 Å². The van der Waals surface area contributed by atoms with Crippen molar-refractivity contribution in [3.05, 3.63) is 35.2 Å². The quantitative estimate of drug-likeness (QED) is 0.903. The van der Waals surface area contributed by atoms with Crippen LogP contribution in [0.1, 0.15) is 61.2 Å². The molecular weight excluding hydrogens is 340 g/mol. The number of urea groups is 1. The van der Waals surface area contributed by atoms with E-state index in [2.05, 4.69) is 50.6 Å². The molecule has 1 saturated heterocycles. The van der Waals surface area contributed by atoms with Gasteiger partial charge < -0.3 is 19.4 Å². The van der Waals surface area contributed by atoms with E-state index in [4.69, 9.17) is 0 Å². The van der Waals surface area contributed by atoms with Crippen LogP contribution in [0.4, 0.5) is 4.79 Å². The van der Waals surface area contributed by atoms with Crippen molar-refractivity contribution in [1.29, 1.82) is 0 Å². The molecule has 146 valence electrons. The number of hydrogen-bond acceptors (Lipinski definition) is 3. The number of nitrogens with zero attached hydrogens (tertiary/aromatic N) is 5. The lowest BCUT2D eigenvalue weighted by atomic mass is 10.0. The predicted octanol–water partition coefficient (Wildman–Crippen LogP) is 2.97. The van der Waals surface area contributed by atoms with E-state index in [9.17, 15) is 4.79 Å². The maximum atomic E-state index is 12.6. The molecule has 2 aliphatic heterocycles. The summed E-state index contributed by atoms with van der Waals surface area (Å²) in [5.74, 6) is 1.95. The van der Waals surface area contributed by atoms with Crippen molar-refractivity contribution in [2.24, 2.45) is 0 Å². The second kappa shape index (κ2) is 7.74. The van der Waals surface area contributed by atoms with Gasteiger partial charge in [-0.15, -0.1) is 10.2 Å². The number of piperidine rings is 1. The van der Waals surface area contributed by atoms with Gasteiger partial charge in [-0.3, -0.25) is 0 Å². The zero-order valence-corrected chi connectivity index (χ0v) is 16.4. The van der Waals surface area contributed by atoms with Crippen molar-refractivity contribution < 1.29 is 4.79 Å². The molecule has 0 aliphatic carbocycles. The molecule has 7 heteroatoms. The van der Waals surface area contributed by atoms with Crippen molar-refractivity contribution in [3.8, 4) is 0 Å². The topological polar surface area (TPSA) is 68.0 Å². The summed E-state index contributed by atoms with van der Waals surface area (Å²) in [6.07, 6.45) is 6.59. The first-order valence-corrected chi connectivity index (χ1v) is 10.2. The number of rotatable bonds is 3. The third-order valence-electron chi connectivity index (χ3n) is 6.03. The molecular formula is C20H30N6O. The first kappa shape index (κ1) is 18.1. The molecule has 2 aliphatic rings. The Morgan fingerprint density at radius 3 is 2.56 bits per heavy atom. The molecule has 0 spiro atoms. The van der Waals surface area contributed by atoms with Crippen LogP contribution < -0.4 is 5.32 Å². The maximum absolute atomic E-state index is 12.6. The maximum Gasteiger partial charge on any atom is 0.317 e. The van der Waals surface area contributed by atoms with Gasteiger partial charge in [-0.05, 0) is 51.7 Å². The van der Waals surface area contributed by atoms with E-state index < -0.39 is 0 Å². The number of likely N-dealkylation sites (tertiary alicyclic amines) is 1. The highest BCUT2D eigenvalue weighted by Gasteiger charge is 2.25. The van der Waals surface area contributed by atoms with Crippen molar-refractivity contribution in [3.63, 3.8) is 0 Å². The lowest BCUT2D eigenvalue weighted by Gasteiger charge is -2.34. The van der Waals surface area contributed by atoms with Gasteiger partial charge in [0.15, 0.2) is 5.82 Å². The second-order valence-electron chi connectivity index (χ2n) is 7.86. The summed E-state index contributed by atoms with van der Waals surface area (Å²) in [4.78, 5) is 14.5.